The van der Waals surface area contributed by atoms with E-state index in [9.17, 15) is 4.79 Å². The van der Waals surface area contributed by atoms with Crippen LogP contribution in [-0.2, 0) is 0 Å². The van der Waals surface area contributed by atoms with Crippen LogP contribution in [0.25, 0.3) is 0 Å². The second kappa shape index (κ2) is 6.89. The molecule has 0 radical (unpaired) electrons. The van der Waals surface area contributed by atoms with Crippen molar-refractivity contribution in [1.29, 1.82) is 0 Å². The van der Waals surface area contributed by atoms with E-state index in [-0.39, 0.29) is 12.5 Å². The largest absolute Gasteiger partial charge is 0.320 e. The summed E-state index contributed by atoms with van der Waals surface area (Å²) in [6.45, 7) is 2.13. The van der Waals surface area contributed by atoms with Crippen molar-refractivity contribution < 1.29 is 4.79 Å². The van der Waals surface area contributed by atoms with Gasteiger partial charge in [0.05, 0.1) is 6.54 Å². The molecule has 0 unspecified atom stereocenters. The van der Waals surface area contributed by atoms with E-state index in [1.807, 2.05) is 6.92 Å². The molecule has 0 atom stereocenters. The molecule has 106 valence electrons. The maximum atomic E-state index is 12.1. The van der Waals surface area contributed by atoms with E-state index < -0.39 is 0 Å². The number of nitrogens with zero attached hydrogens (tertiary/aromatic N) is 1. The summed E-state index contributed by atoms with van der Waals surface area (Å²) >= 11 is 6.02. The molecule has 1 aromatic carbocycles. The summed E-state index contributed by atoms with van der Waals surface area (Å²) in [5, 5.41) is 3.39. The van der Waals surface area contributed by atoms with Crippen molar-refractivity contribution in [3.63, 3.8) is 0 Å². The lowest BCUT2D eigenvalue weighted by atomic mass is 10.2. The zero-order valence-corrected chi connectivity index (χ0v) is 12.2. The Balaban J connectivity index is 2.15. The molecule has 0 aliphatic heterocycles. The number of carbonyl (C=O) groups excluding carboxylic acids is 1. The van der Waals surface area contributed by atoms with Crippen molar-refractivity contribution >= 4 is 23.2 Å². The van der Waals surface area contributed by atoms with E-state index in [0.717, 1.165) is 11.1 Å². The van der Waals surface area contributed by atoms with Gasteiger partial charge in [-0.3, -0.25) is 4.79 Å². The minimum atomic E-state index is -0.293. The molecule has 2 rings (SSSR count). The number of amides is 1. The third-order valence-electron chi connectivity index (χ3n) is 2.85. The molecule has 0 saturated carbocycles. The van der Waals surface area contributed by atoms with Crippen LogP contribution in [0.5, 0.6) is 0 Å². The molecule has 21 heavy (non-hydrogen) atoms. The van der Waals surface area contributed by atoms with Gasteiger partial charge in [0, 0.05) is 22.5 Å². The zero-order chi connectivity index (χ0) is 15.2. The molecular weight excluding hydrogens is 286 g/mol. The molecule has 0 saturated heterocycles. The highest BCUT2D eigenvalue weighted by Crippen LogP contribution is 2.23. The number of anilines is 1. The Hall–Kier alpha value is -2.35. The van der Waals surface area contributed by atoms with Crippen LogP contribution in [-0.4, -0.2) is 17.4 Å². The minimum Gasteiger partial charge on any atom is -0.320 e. The zero-order valence-electron chi connectivity index (χ0n) is 11.5. The molecule has 0 bridgehead atoms. The van der Waals surface area contributed by atoms with E-state index in [4.69, 9.17) is 17.3 Å². The number of carbonyl (C=O) groups is 1. The molecule has 0 fully saturated rings. The predicted octanol–water partition coefficient (Wildman–Crippen LogP) is 2.61. The van der Waals surface area contributed by atoms with Crippen LogP contribution in [0.4, 0.5) is 5.69 Å². The Morgan fingerprint density at radius 3 is 2.86 bits per heavy atom. The first-order chi connectivity index (χ1) is 10.1. The van der Waals surface area contributed by atoms with Crippen LogP contribution < -0.4 is 11.1 Å². The van der Waals surface area contributed by atoms with Gasteiger partial charge in [0.25, 0.3) is 5.91 Å². The van der Waals surface area contributed by atoms with Crippen molar-refractivity contribution in [2.75, 3.05) is 11.9 Å². The van der Waals surface area contributed by atoms with E-state index in [1.54, 1.807) is 36.5 Å². The van der Waals surface area contributed by atoms with Crippen LogP contribution in [0, 0.1) is 18.8 Å². The normalized spacial score (nSPS) is 9.67. The number of nitrogens with two attached hydrogens (primary N) is 1. The van der Waals surface area contributed by atoms with Crippen molar-refractivity contribution in [2.24, 2.45) is 5.73 Å². The van der Waals surface area contributed by atoms with Gasteiger partial charge in [-0.15, -0.1) is 0 Å². The highest BCUT2D eigenvalue weighted by Gasteiger charge is 2.10. The lowest BCUT2D eigenvalue weighted by molar-refractivity contribution is 0.102. The number of rotatable bonds is 2. The Labute approximate surface area is 128 Å². The lowest BCUT2D eigenvalue weighted by Gasteiger charge is -2.09. The van der Waals surface area contributed by atoms with Crippen LogP contribution in [0.2, 0.25) is 5.02 Å². The van der Waals surface area contributed by atoms with Gasteiger partial charge in [-0.2, -0.15) is 0 Å². The van der Waals surface area contributed by atoms with Gasteiger partial charge < -0.3 is 11.1 Å². The van der Waals surface area contributed by atoms with Crippen molar-refractivity contribution in [1.82, 2.24) is 4.98 Å². The van der Waals surface area contributed by atoms with Gasteiger partial charge in [0.2, 0.25) is 0 Å². The second-order valence-corrected chi connectivity index (χ2v) is 4.71. The lowest BCUT2D eigenvalue weighted by Crippen LogP contribution is -2.14. The first-order valence-electron chi connectivity index (χ1n) is 6.33. The first kappa shape index (κ1) is 15.0. The molecule has 4 nitrogen and oxygen atoms in total. The smallest absolute Gasteiger partial charge is 0.274 e. The van der Waals surface area contributed by atoms with Gasteiger partial charge in [-0.05, 0) is 36.8 Å². The quantitative estimate of drug-likeness (QED) is 0.838. The van der Waals surface area contributed by atoms with E-state index in [2.05, 4.69) is 22.1 Å². The van der Waals surface area contributed by atoms with Crippen LogP contribution in [0.3, 0.4) is 0 Å². The molecule has 3 N–H and O–H groups in total. The fraction of sp³-hybridized carbons (Fsp3) is 0.125. The molecule has 0 spiro atoms. The maximum absolute atomic E-state index is 12.1. The summed E-state index contributed by atoms with van der Waals surface area (Å²) in [6.07, 6.45) is 1.54. The Morgan fingerprint density at radius 2 is 2.19 bits per heavy atom. The standard InChI is InChI=1S/C16H14ClN3O/c1-11-13(17)5-2-6-14(11)20-16(21)15-8-7-12(10-19-15)4-3-9-18/h2,5-8,10H,9,18H2,1H3,(H,20,21). The fourth-order valence-corrected chi connectivity index (χ4v) is 1.86. The Morgan fingerprint density at radius 1 is 1.38 bits per heavy atom. The van der Waals surface area contributed by atoms with Crippen molar-refractivity contribution in [3.05, 3.63) is 58.4 Å². The number of hydrogen-bond acceptors (Lipinski definition) is 3. The van der Waals surface area contributed by atoms with Crippen LogP contribution >= 0.6 is 11.6 Å². The van der Waals surface area contributed by atoms with E-state index in [0.29, 0.717) is 16.4 Å². The highest BCUT2D eigenvalue weighted by atomic mass is 35.5. The van der Waals surface area contributed by atoms with Gasteiger partial charge in [0.1, 0.15) is 5.69 Å². The number of aromatic nitrogens is 1. The third kappa shape index (κ3) is 3.82. The fourth-order valence-electron chi connectivity index (χ4n) is 1.68. The van der Waals surface area contributed by atoms with Gasteiger partial charge in [0.15, 0.2) is 0 Å². The SMILES string of the molecule is Cc1c(Cl)cccc1NC(=O)c1ccc(C#CCN)cn1. The average molecular weight is 300 g/mol. The summed E-state index contributed by atoms with van der Waals surface area (Å²) < 4.78 is 0. The maximum Gasteiger partial charge on any atom is 0.274 e. The summed E-state index contributed by atoms with van der Waals surface area (Å²) in [4.78, 5) is 16.2. The van der Waals surface area contributed by atoms with Gasteiger partial charge in [-0.25, -0.2) is 4.98 Å². The third-order valence-corrected chi connectivity index (χ3v) is 3.26. The van der Waals surface area contributed by atoms with Gasteiger partial charge in [-0.1, -0.05) is 29.5 Å². The minimum absolute atomic E-state index is 0.288. The van der Waals surface area contributed by atoms with Crippen molar-refractivity contribution in [3.8, 4) is 11.8 Å². The molecule has 2 aromatic rings. The summed E-state index contributed by atoms with van der Waals surface area (Å²) in [6, 6.07) is 8.70. The van der Waals surface area contributed by atoms with Gasteiger partial charge >= 0.3 is 0 Å². The Kier molecular flexibility index (Phi) is 4.94. The Bertz CT molecular complexity index is 715. The first-order valence-corrected chi connectivity index (χ1v) is 6.71. The predicted molar refractivity (Wildman–Crippen MR) is 84.3 cm³/mol. The summed E-state index contributed by atoms with van der Waals surface area (Å²) in [7, 11) is 0. The molecule has 0 aliphatic carbocycles. The molecule has 1 heterocycles. The van der Waals surface area contributed by atoms with Crippen molar-refractivity contribution in [2.45, 2.75) is 6.92 Å². The number of nitrogens with one attached hydrogen (secondary N) is 1. The monoisotopic (exact) mass is 299 g/mol. The summed E-state index contributed by atoms with van der Waals surface area (Å²) in [5.74, 6) is 5.29. The second-order valence-electron chi connectivity index (χ2n) is 4.30. The number of hydrogen-bond donors (Lipinski definition) is 2. The summed E-state index contributed by atoms with van der Waals surface area (Å²) in [5.41, 5.74) is 7.81. The average Bonchev–Trinajstić information content (AvgIpc) is 2.50. The molecule has 1 aromatic heterocycles. The topological polar surface area (TPSA) is 68.0 Å². The molecule has 0 aliphatic rings. The molecule has 1 amide bonds. The van der Waals surface area contributed by atoms with Crippen LogP contribution in [0.15, 0.2) is 36.5 Å². The molecular formula is C16H14ClN3O. The van der Waals surface area contributed by atoms with E-state index in [1.165, 1.54) is 0 Å². The number of pyridine rings is 1. The van der Waals surface area contributed by atoms with E-state index >= 15 is 0 Å². The number of benzene rings is 1. The van der Waals surface area contributed by atoms with Crippen LogP contribution in [0.1, 0.15) is 21.6 Å². The molecule has 5 heteroatoms. The highest BCUT2D eigenvalue weighted by molar-refractivity contribution is 6.31. The number of halogens is 1.